The Bertz CT molecular complexity index is 1110. The molecular formula is C28H31F3N2O4. The third kappa shape index (κ3) is 5.52. The lowest BCUT2D eigenvalue weighted by Gasteiger charge is -2.39. The monoisotopic (exact) mass is 516 g/mol. The van der Waals surface area contributed by atoms with Gasteiger partial charge in [-0.3, -0.25) is 9.69 Å². The topological polar surface area (TPSA) is 59.1 Å². The number of rotatable bonds is 6. The van der Waals surface area contributed by atoms with Gasteiger partial charge in [0.1, 0.15) is 0 Å². The van der Waals surface area contributed by atoms with Crippen LogP contribution in [0.1, 0.15) is 53.1 Å². The summed E-state index contributed by atoms with van der Waals surface area (Å²) in [7, 11) is 1.35. The van der Waals surface area contributed by atoms with Gasteiger partial charge in [0.15, 0.2) is 0 Å². The van der Waals surface area contributed by atoms with E-state index in [4.69, 9.17) is 9.47 Å². The summed E-state index contributed by atoms with van der Waals surface area (Å²) in [6.07, 6.45) is -2.55. The van der Waals surface area contributed by atoms with Crippen molar-refractivity contribution in [1.82, 2.24) is 9.80 Å². The number of likely N-dealkylation sites (tertiary alicyclic amines) is 1. The Kier molecular flexibility index (Phi) is 7.02. The number of amides is 1. The van der Waals surface area contributed by atoms with Crippen molar-refractivity contribution >= 4 is 11.9 Å². The van der Waals surface area contributed by atoms with Crippen molar-refractivity contribution in [3.8, 4) is 0 Å². The average Bonchev–Trinajstić information content (AvgIpc) is 3.58. The number of hydrogen-bond donors (Lipinski definition) is 0. The Hall–Kier alpha value is -2.91. The second-order valence-electron chi connectivity index (χ2n) is 10.3. The molecule has 1 saturated carbocycles. The third-order valence-corrected chi connectivity index (χ3v) is 7.95. The molecule has 3 atom stereocenters. The van der Waals surface area contributed by atoms with Crippen LogP contribution in [0.5, 0.6) is 0 Å². The van der Waals surface area contributed by atoms with Gasteiger partial charge in [0.25, 0.3) is 0 Å². The largest absolute Gasteiger partial charge is 0.471 e. The van der Waals surface area contributed by atoms with E-state index >= 15 is 0 Å². The maximum atomic E-state index is 13.6. The van der Waals surface area contributed by atoms with Gasteiger partial charge in [0.05, 0.1) is 30.9 Å². The van der Waals surface area contributed by atoms with E-state index in [2.05, 4.69) is 4.90 Å². The zero-order valence-corrected chi connectivity index (χ0v) is 20.7. The molecule has 2 saturated heterocycles. The first kappa shape index (κ1) is 25.7. The van der Waals surface area contributed by atoms with Crippen LogP contribution in [-0.4, -0.2) is 72.3 Å². The number of piperidine rings is 1. The van der Waals surface area contributed by atoms with E-state index in [0.717, 1.165) is 29.1 Å². The summed E-state index contributed by atoms with van der Waals surface area (Å²) in [6, 6.07) is 15.7. The Morgan fingerprint density at radius 3 is 2.38 bits per heavy atom. The second kappa shape index (κ2) is 10.1. The summed E-state index contributed by atoms with van der Waals surface area (Å²) in [5.41, 5.74) is 2.03. The summed E-state index contributed by atoms with van der Waals surface area (Å²) in [4.78, 5) is 27.5. The van der Waals surface area contributed by atoms with Crippen LogP contribution in [0.15, 0.2) is 54.6 Å². The first-order valence-electron chi connectivity index (χ1n) is 12.7. The van der Waals surface area contributed by atoms with Gasteiger partial charge in [-0.2, -0.15) is 13.2 Å². The van der Waals surface area contributed by atoms with E-state index < -0.39 is 29.8 Å². The molecule has 2 aliphatic heterocycles. The molecule has 3 aliphatic rings. The molecule has 37 heavy (non-hydrogen) atoms. The highest BCUT2D eigenvalue weighted by Crippen LogP contribution is 2.49. The van der Waals surface area contributed by atoms with E-state index in [1.165, 1.54) is 7.11 Å². The molecule has 1 amide bonds. The Morgan fingerprint density at radius 1 is 1.08 bits per heavy atom. The predicted octanol–water partition coefficient (Wildman–Crippen LogP) is 4.54. The quantitative estimate of drug-likeness (QED) is 0.528. The van der Waals surface area contributed by atoms with E-state index in [1.807, 2.05) is 42.5 Å². The minimum absolute atomic E-state index is 0.0727. The number of halogens is 3. The fourth-order valence-electron chi connectivity index (χ4n) is 5.87. The second-order valence-corrected chi connectivity index (χ2v) is 10.3. The number of hydrogen-bond acceptors (Lipinski definition) is 5. The third-order valence-electron chi connectivity index (χ3n) is 7.95. The number of ether oxygens (including phenoxy) is 2. The minimum atomic E-state index is -4.91. The van der Waals surface area contributed by atoms with Gasteiger partial charge in [-0.25, -0.2) is 4.79 Å². The van der Waals surface area contributed by atoms with Crippen LogP contribution < -0.4 is 0 Å². The molecule has 1 spiro atoms. The minimum Gasteiger partial charge on any atom is -0.465 e. The van der Waals surface area contributed by atoms with Crippen molar-refractivity contribution in [2.24, 2.45) is 0 Å². The van der Waals surface area contributed by atoms with Crippen LogP contribution in [0.25, 0.3) is 0 Å². The molecule has 2 aromatic carbocycles. The lowest BCUT2D eigenvalue weighted by Crippen LogP contribution is -2.50. The number of carbonyl (C=O) groups is 2. The summed E-state index contributed by atoms with van der Waals surface area (Å²) < 4.78 is 51.7. The van der Waals surface area contributed by atoms with Crippen molar-refractivity contribution in [3.63, 3.8) is 0 Å². The molecular weight excluding hydrogens is 485 g/mol. The predicted molar refractivity (Wildman–Crippen MR) is 130 cm³/mol. The van der Waals surface area contributed by atoms with Crippen LogP contribution in [0.3, 0.4) is 0 Å². The van der Waals surface area contributed by atoms with E-state index in [0.29, 0.717) is 37.8 Å². The highest BCUT2D eigenvalue weighted by Gasteiger charge is 2.57. The zero-order chi connectivity index (χ0) is 26.2. The van der Waals surface area contributed by atoms with Crippen molar-refractivity contribution < 1.29 is 32.2 Å². The number of esters is 1. The van der Waals surface area contributed by atoms with Crippen LogP contribution in [0.2, 0.25) is 0 Å². The standard InChI is InChI=1S/C28H31F3N2O4/c1-36-25(34)21-9-7-19(8-10-21)17-32-13-11-27(12-14-32)16-22(18-37-27)33(26(35)28(29,30)31)24-15-23(24)20-5-3-2-4-6-20/h2-10,22-24H,11-18H2,1H3/t22-,23+,24-/m1/s1. The molecule has 2 heterocycles. The lowest BCUT2D eigenvalue weighted by atomic mass is 9.86. The molecule has 0 radical (unpaired) electrons. The number of alkyl halides is 3. The summed E-state index contributed by atoms with van der Waals surface area (Å²) in [6.45, 7) is 2.33. The fraction of sp³-hybridized carbons (Fsp3) is 0.500. The molecule has 0 aromatic heterocycles. The molecule has 6 nitrogen and oxygen atoms in total. The Labute approximate surface area is 214 Å². The van der Waals surface area contributed by atoms with E-state index in [-0.39, 0.29) is 18.5 Å². The molecule has 3 fully saturated rings. The molecule has 0 unspecified atom stereocenters. The van der Waals surface area contributed by atoms with E-state index in [9.17, 15) is 22.8 Å². The average molecular weight is 517 g/mol. The molecule has 1 aliphatic carbocycles. The summed E-state index contributed by atoms with van der Waals surface area (Å²) in [5, 5.41) is 0. The van der Waals surface area contributed by atoms with Crippen molar-refractivity contribution in [1.29, 1.82) is 0 Å². The van der Waals surface area contributed by atoms with Crippen molar-refractivity contribution in [2.45, 2.75) is 62.0 Å². The highest BCUT2D eigenvalue weighted by atomic mass is 19.4. The Morgan fingerprint density at radius 2 is 1.76 bits per heavy atom. The molecule has 9 heteroatoms. The first-order valence-corrected chi connectivity index (χ1v) is 12.7. The molecule has 0 bridgehead atoms. The summed E-state index contributed by atoms with van der Waals surface area (Å²) >= 11 is 0. The molecule has 198 valence electrons. The smallest absolute Gasteiger partial charge is 0.465 e. The normalized spacial score (nSPS) is 25.1. The number of benzene rings is 2. The highest BCUT2D eigenvalue weighted by molar-refractivity contribution is 5.89. The SMILES string of the molecule is COC(=O)c1ccc(CN2CCC3(CC2)C[C@@H](N(C(=O)C(F)(F)F)[C@@H]2C[C@H]2c2ccccc2)CO3)cc1. The zero-order valence-electron chi connectivity index (χ0n) is 20.7. The number of methoxy groups -OCH3 is 1. The van der Waals surface area contributed by atoms with Crippen molar-refractivity contribution in [3.05, 3.63) is 71.3 Å². The van der Waals surface area contributed by atoms with Gasteiger partial charge < -0.3 is 14.4 Å². The van der Waals surface area contributed by atoms with Gasteiger partial charge >= 0.3 is 18.1 Å². The van der Waals surface area contributed by atoms with Gasteiger partial charge in [-0.1, -0.05) is 42.5 Å². The van der Waals surface area contributed by atoms with Gasteiger partial charge in [0.2, 0.25) is 0 Å². The fourth-order valence-corrected chi connectivity index (χ4v) is 5.87. The maximum Gasteiger partial charge on any atom is 0.471 e. The number of carbonyl (C=O) groups excluding carboxylic acids is 2. The molecule has 5 rings (SSSR count). The van der Waals surface area contributed by atoms with Crippen molar-refractivity contribution in [2.75, 3.05) is 26.8 Å². The van der Waals surface area contributed by atoms with Crippen LogP contribution >= 0.6 is 0 Å². The van der Waals surface area contributed by atoms with Crippen LogP contribution in [0, 0.1) is 0 Å². The molecule has 0 N–H and O–H groups in total. The Balaban J connectivity index is 1.21. The van der Waals surface area contributed by atoms with Crippen LogP contribution in [0.4, 0.5) is 13.2 Å². The molecule has 2 aromatic rings. The lowest BCUT2D eigenvalue weighted by molar-refractivity contribution is -0.188. The summed E-state index contributed by atoms with van der Waals surface area (Å²) in [5.74, 6) is -2.20. The maximum absolute atomic E-state index is 13.6. The van der Waals surface area contributed by atoms with E-state index in [1.54, 1.807) is 12.1 Å². The number of nitrogens with zero attached hydrogens (tertiary/aromatic N) is 2. The van der Waals surface area contributed by atoms with Gasteiger partial charge in [-0.05, 0) is 48.9 Å². The van der Waals surface area contributed by atoms with Gasteiger partial charge in [0, 0.05) is 31.6 Å². The van der Waals surface area contributed by atoms with Gasteiger partial charge in [-0.15, -0.1) is 0 Å². The van der Waals surface area contributed by atoms with Crippen LogP contribution in [-0.2, 0) is 20.8 Å². The first-order chi connectivity index (χ1) is 17.7.